The van der Waals surface area contributed by atoms with Crippen molar-refractivity contribution in [3.8, 4) is 0 Å². The maximum atomic E-state index is 11.5. The van der Waals surface area contributed by atoms with Crippen molar-refractivity contribution < 1.29 is 14.8 Å². The number of benzene rings is 1. The molecule has 0 radical (unpaired) electrons. The first-order chi connectivity index (χ1) is 9.10. The van der Waals surface area contributed by atoms with E-state index < -0.39 is 4.92 Å². The van der Waals surface area contributed by atoms with E-state index in [-0.39, 0.29) is 18.2 Å². The number of nitrogens with one attached hydrogen (secondary N) is 2. The molecule has 19 heavy (non-hydrogen) atoms. The molecule has 0 aliphatic rings. The average molecular weight is 267 g/mol. The van der Waals surface area contributed by atoms with Crippen LogP contribution < -0.4 is 10.6 Å². The molecule has 104 valence electrons. The van der Waals surface area contributed by atoms with E-state index in [9.17, 15) is 14.9 Å². The van der Waals surface area contributed by atoms with Gasteiger partial charge < -0.3 is 15.7 Å². The number of nitrogens with zero attached hydrogens (tertiary/aromatic N) is 1. The molecule has 1 rings (SSSR count). The van der Waals surface area contributed by atoms with Gasteiger partial charge in [-0.15, -0.1) is 0 Å². The lowest BCUT2D eigenvalue weighted by atomic mass is 10.1. The van der Waals surface area contributed by atoms with Crippen molar-refractivity contribution in [3.63, 3.8) is 0 Å². The second-order valence-corrected chi connectivity index (χ2v) is 3.93. The van der Waals surface area contributed by atoms with Crippen molar-refractivity contribution >= 4 is 17.3 Å². The van der Waals surface area contributed by atoms with Crippen LogP contribution in [0.3, 0.4) is 0 Å². The Kier molecular flexibility index (Phi) is 5.74. The summed E-state index contributed by atoms with van der Waals surface area (Å²) >= 11 is 0. The van der Waals surface area contributed by atoms with Crippen molar-refractivity contribution in [2.75, 3.05) is 25.5 Å². The molecule has 1 aromatic rings. The number of unbranched alkanes of at least 4 members (excludes halogenated alkanes) is 1. The summed E-state index contributed by atoms with van der Waals surface area (Å²) in [4.78, 5) is 21.9. The number of aliphatic hydroxyl groups is 1. The monoisotopic (exact) mass is 267 g/mol. The van der Waals surface area contributed by atoms with E-state index in [1.54, 1.807) is 0 Å². The molecule has 0 unspecified atom stereocenters. The lowest BCUT2D eigenvalue weighted by Crippen LogP contribution is -2.18. The number of aliphatic hydroxyl groups excluding tert-OH is 1. The molecule has 0 heterocycles. The Labute approximate surface area is 110 Å². The summed E-state index contributed by atoms with van der Waals surface area (Å²) in [7, 11) is 1.50. The van der Waals surface area contributed by atoms with Crippen molar-refractivity contribution in [2.45, 2.75) is 12.8 Å². The lowest BCUT2D eigenvalue weighted by molar-refractivity contribution is -0.384. The van der Waals surface area contributed by atoms with E-state index in [1.807, 2.05) is 0 Å². The third-order valence-electron chi connectivity index (χ3n) is 2.58. The zero-order valence-corrected chi connectivity index (χ0v) is 10.7. The van der Waals surface area contributed by atoms with Crippen LogP contribution in [0.25, 0.3) is 0 Å². The first-order valence-corrected chi connectivity index (χ1v) is 5.95. The van der Waals surface area contributed by atoms with Gasteiger partial charge in [0.25, 0.3) is 11.6 Å². The van der Waals surface area contributed by atoms with Crippen LogP contribution in [0.1, 0.15) is 23.2 Å². The molecule has 7 nitrogen and oxygen atoms in total. The summed E-state index contributed by atoms with van der Waals surface area (Å²) in [5, 5.41) is 24.9. The predicted molar refractivity (Wildman–Crippen MR) is 71.3 cm³/mol. The first kappa shape index (κ1) is 14.9. The number of rotatable bonds is 7. The second-order valence-electron chi connectivity index (χ2n) is 3.93. The minimum absolute atomic E-state index is 0.0725. The van der Waals surface area contributed by atoms with Gasteiger partial charge in [-0.25, -0.2) is 0 Å². The molecular formula is C12H17N3O4. The van der Waals surface area contributed by atoms with E-state index in [2.05, 4.69) is 10.6 Å². The van der Waals surface area contributed by atoms with Gasteiger partial charge in [-0.1, -0.05) is 0 Å². The highest BCUT2D eigenvalue weighted by Gasteiger charge is 2.15. The molecule has 0 bridgehead atoms. The van der Waals surface area contributed by atoms with E-state index in [4.69, 9.17) is 5.11 Å². The Balaban J connectivity index is 2.89. The van der Waals surface area contributed by atoms with E-state index in [0.717, 1.165) is 0 Å². The zero-order valence-electron chi connectivity index (χ0n) is 10.7. The molecule has 0 saturated heterocycles. The number of nitro groups is 1. The van der Waals surface area contributed by atoms with Crippen molar-refractivity contribution in [2.24, 2.45) is 0 Å². The minimum Gasteiger partial charge on any atom is -0.396 e. The summed E-state index contributed by atoms with van der Waals surface area (Å²) in [5.74, 6) is -0.298. The summed E-state index contributed by atoms with van der Waals surface area (Å²) < 4.78 is 0. The smallest absolute Gasteiger partial charge is 0.292 e. The number of hydrogen-bond donors (Lipinski definition) is 3. The third kappa shape index (κ3) is 4.22. The molecule has 0 fully saturated rings. The van der Waals surface area contributed by atoms with Gasteiger partial charge in [0.2, 0.25) is 0 Å². The van der Waals surface area contributed by atoms with Gasteiger partial charge in [-0.2, -0.15) is 0 Å². The Morgan fingerprint density at radius 2 is 2.16 bits per heavy atom. The second kappa shape index (κ2) is 7.32. The van der Waals surface area contributed by atoms with Gasteiger partial charge in [-0.05, 0) is 25.0 Å². The molecule has 0 spiro atoms. The zero-order chi connectivity index (χ0) is 14.3. The van der Waals surface area contributed by atoms with Crippen LogP contribution in [0.4, 0.5) is 11.4 Å². The molecule has 0 aliphatic heterocycles. The first-order valence-electron chi connectivity index (χ1n) is 5.95. The largest absolute Gasteiger partial charge is 0.396 e. The third-order valence-corrected chi connectivity index (χ3v) is 2.58. The highest BCUT2D eigenvalue weighted by atomic mass is 16.6. The Bertz CT molecular complexity index is 462. The molecule has 0 aromatic heterocycles. The maximum Gasteiger partial charge on any atom is 0.292 e. The van der Waals surface area contributed by atoms with Crippen molar-refractivity contribution in [1.29, 1.82) is 0 Å². The Morgan fingerprint density at radius 3 is 2.74 bits per heavy atom. The molecule has 1 amide bonds. The fraction of sp³-hybridized carbons (Fsp3) is 0.417. The van der Waals surface area contributed by atoms with E-state index in [1.165, 1.54) is 25.2 Å². The number of amides is 1. The molecular weight excluding hydrogens is 250 g/mol. The molecule has 3 N–H and O–H groups in total. The van der Waals surface area contributed by atoms with Crippen LogP contribution in [0, 0.1) is 10.1 Å². The van der Waals surface area contributed by atoms with E-state index >= 15 is 0 Å². The van der Waals surface area contributed by atoms with Gasteiger partial charge >= 0.3 is 0 Å². The minimum atomic E-state index is -0.498. The average Bonchev–Trinajstić information content (AvgIpc) is 2.42. The van der Waals surface area contributed by atoms with Crippen LogP contribution in [0.5, 0.6) is 0 Å². The van der Waals surface area contributed by atoms with Crippen molar-refractivity contribution in [3.05, 3.63) is 33.9 Å². The van der Waals surface area contributed by atoms with Crippen LogP contribution >= 0.6 is 0 Å². The normalized spacial score (nSPS) is 10.0. The highest BCUT2D eigenvalue weighted by molar-refractivity contribution is 5.95. The standard InChI is InChI=1S/C12H17N3O4/c1-13-12(17)9-4-5-11(15(18)19)10(8-9)14-6-2-3-7-16/h4-5,8,14,16H,2-3,6-7H2,1H3,(H,13,17). The lowest BCUT2D eigenvalue weighted by Gasteiger charge is -2.08. The summed E-state index contributed by atoms with van der Waals surface area (Å²) in [6.45, 7) is 0.584. The predicted octanol–water partition coefficient (Wildman–Crippen LogP) is 1.14. The SMILES string of the molecule is CNC(=O)c1ccc([N+](=O)[O-])c(NCCCCO)c1. The summed E-state index contributed by atoms with van der Waals surface area (Å²) in [6, 6.07) is 4.17. The fourth-order valence-corrected chi connectivity index (χ4v) is 1.58. The molecule has 0 aliphatic carbocycles. The van der Waals surface area contributed by atoms with Crippen LogP contribution in [-0.4, -0.2) is 36.1 Å². The molecule has 0 saturated carbocycles. The quantitative estimate of drug-likeness (QED) is 0.390. The van der Waals surface area contributed by atoms with Crippen molar-refractivity contribution in [1.82, 2.24) is 5.32 Å². The number of anilines is 1. The van der Waals surface area contributed by atoms with E-state index in [0.29, 0.717) is 30.6 Å². The topological polar surface area (TPSA) is 104 Å². The molecule has 1 aromatic carbocycles. The number of nitro benzene ring substituents is 1. The Morgan fingerprint density at radius 1 is 1.42 bits per heavy atom. The number of carbonyl (C=O) groups is 1. The molecule has 7 heteroatoms. The highest BCUT2D eigenvalue weighted by Crippen LogP contribution is 2.25. The summed E-state index contributed by atoms with van der Waals surface area (Å²) in [6.07, 6.45) is 1.31. The van der Waals surface area contributed by atoms with Gasteiger partial charge in [0, 0.05) is 31.8 Å². The van der Waals surface area contributed by atoms with Gasteiger partial charge in [0.05, 0.1) is 4.92 Å². The van der Waals surface area contributed by atoms with Crippen LogP contribution in [0.2, 0.25) is 0 Å². The number of carbonyl (C=O) groups excluding carboxylic acids is 1. The maximum absolute atomic E-state index is 11.5. The summed E-state index contributed by atoms with van der Waals surface area (Å²) in [5.41, 5.74) is 0.596. The van der Waals surface area contributed by atoms with Crippen LogP contribution in [0.15, 0.2) is 18.2 Å². The van der Waals surface area contributed by atoms with Gasteiger partial charge in [0.1, 0.15) is 5.69 Å². The molecule has 0 atom stereocenters. The van der Waals surface area contributed by atoms with Gasteiger partial charge in [-0.3, -0.25) is 14.9 Å². The van der Waals surface area contributed by atoms with Crippen LogP contribution in [-0.2, 0) is 0 Å². The van der Waals surface area contributed by atoms with Gasteiger partial charge in [0.15, 0.2) is 0 Å². The fourth-order valence-electron chi connectivity index (χ4n) is 1.58. The Hall–Kier alpha value is -2.15. The number of hydrogen-bond acceptors (Lipinski definition) is 5.